The molecular weight excluding hydrogens is 309 g/mol. The second-order valence-electron chi connectivity index (χ2n) is 4.02. The summed E-state index contributed by atoms with van der Waals surface area (Å²) < 4.78 is 2.26. The molecule has 16 heavy (non-hydrogen) atoms. The summed E-state index contributed by atoms with van der Waals surface area (Å²) in [7, 11) is 0. The van der Waals surface area contributed by atoms with Crippen molar-refractivity contribution in [3.63, 3.8) is 0 Å². The minimum absolute atomic E-state index is 1.15. The molecule has 0 fully saturated rings. The lowest BCUT2D eigenvalue weighted by molar-refractivity contribution is 0.968. The molecule has 3 rings (SSSR count). The minimum atomic E-state index is 1.15. The predicted octanol–water partition coefficient (Wildman–Crippen LogP) is 4.47. The SMILES string of the molecule is IN1C2=C(C=Cc3ccccc31)CCC=C2. The van der Waals surface area contributed by atoms with E-state index in [2.05, 4.69) is 74.5 Å². The van der Waals surface area contributed by atoms with Crippen LogP contribution in [0.2, 0.25) is 0 Å². The molecule has 0 atom stereocenters. The molecule has 2 heteroatoms. The zero-order valence-corrected chi connectivity index (χ0v) is 11.0. The van der Waals surface area contributed by atoms with E-state index in [-0.39, 0.29) is 0 Å². The summed E-state index contributed by atoms with van der Waals surface area (Å²) in [6.07, 6.45) is 11.3. The first kappa shape index (κ1) is 10.1. The van der Waals surface area contributed by atoms with Gasteiger partial charge in [-0.3, -0.25) is 3.11 Å². The van der Waals surface area contributed by atoms with Crippen LogP contribution in [0, 0.1) is 0 Å². The van der Waals surface area contributed by atoms with Crippen molar-refractivity contribution in [2.24, 2.45) is 0 Å². The molecule has 0 aromatic heterocycles. The Morgan fingerprint density at radius 2 is 1.94 bits per heavy atom. The van der Waals surface area contributed by atoms with Crippen LogP contribution in [0.3, 0.4) is 0 Å². The molecule has 1 aliphatic carbocycles. The number of halogens is 1. The van der Waals surface area contributed by atoms with E-state index in [1.165, 1.54) is 22.5 Å². The van der Waals surface area contributed by atoms with Gasteiger partial charge in [-0.15, -0.1) is 0 Å². The average Bonchev–Trinajstić information content (AvgIpc) is 2.49. The summed E-state index contributed by atoms with van der Waals surface area (Å²) in [4.78, 5) is 0. The summed E-state index contributed by atoms with van der Waals surface area (Å²) in [5.41, 5.74) is 5.33. The molecule has 1 heterocycles. The normalized spacial score (nSPS) is 18.2. The highest BCUT2D eigenvalue weighted by Gasteiger charge is 2.17. The molecule has 1 nitrogen and oxygen atoms in total. The quantitative estimate of drug-likeness (QED) is 0.503. The lowest BCUT2D eigenvalue weighted by Crippen LogP contribution is -2.10. The van der Waals surface area contributed by atoms with E-state index >= 15 is 0 Å². The van der Waals surface area contributed by atoms with Crippen molar-refractivity contribution in [2.75, 3.05) is 3.11 Å². The molecule has 1 aromatic rings. The summed E-state index contributed by atoms with van der Waals surface area (Å²) >= 11 is 2.39. The maximum atomic E-state index is 2.39. The summed E-state index contributed by atoms with van der Waals surface area (Å²) in [5.74, 6) is 0. The van der Waals surface area contributed by atoms with Crippen LogP contribution >= 0.6 is 22.9 Å². The number of anilines is 1. The third-order valence-electron chi connectivity index (χ3n) is 3.01. The van der Waals surface area contributed by atoms with E-state index in [1.807, 2.05) is 0 Å². The van der Waals surface area contributed by atoms with Gasteiger partial charge in [0.15, 0.2) is 0 Å². The van der Waals surface area contributed by atoms with Crippen LogP contribution in [0.25, 0.3) is 6.08 Å². The van der Waals surface area contributed by atoms with Crippen LogP contribution in [0.5, 0.6) is 0 Å². The number of fused-ring (bicyclic) bond motifs is 1. The van der Waals surface area contributed by atoms with Crippen LogP contribution in [0.1, 0.15) is 18.4 Å². The van der Waals surface area contributed by atoms with E-state index in [4.69, 9.17) is 0 Å². The van der Waals surface area contributed by atoms with Gasteiger partial charge in [0, 0.05) is 0 Å². The lowest BCUT2D eigenvalue weighted by atomic mass is 10.0. The average molecular weight is 321 g/mol. The summed E-state index contributed by atoms with van der Waals surface area (Å²) in [6.45, 7) is 0. The van der Waals surface area contributed by atoms with Crippen molar-refractivity contribution in [1.82, 2.24) is 0 Å². The number of para-hydroxylation sites is 1. The zero-order valence-electron chi connectivity index (χ0n) is 8.86. The Labute approximate surface area is 110 Å². The van der Waals surface area contributed by atoms with Gasteiger partial charge in [0.1, 0.15) is 0 Å². The monoisotopic (exact) mass is 321 g/mol. The molecule has 0 saturated carbocycles. The van der Waals surface area contributed by atoms with Gasteiger partial charge in [-0.1, -0.05) is 36.4 Å². The summed E-state index contributed by atoms with van der Waals surface area (Å²) in [5, 5.41) is 0. The van der Waals surface area contributed by atoms with Crippen LogP contribution in [-0.4, -0.2) is 0 Å². The smallest absolute Gasteiger partial charge is 0.0646 e. The molecular formula is C14H12IN. The Morgan fingerprint density at radius 3 is 2.88 bits per heavy atom. The molecule has 1 aliphatic heterocycles. The molecule has 0 bridgehead atoms. The van der Waals surface area contributed by atoms with Gasteiger partial charge in [-0.05, 0) is 36.1 Å². The van der Waals surface area contributed by atoms with Gasteiger partial charge in [0.25, 0.3) is 0 Å². The van der Waals surface area contributed by atoms with Gasteiger partial charge in [0.05, 0.1) is 34.2 Å². The Morgan fingerprint density at radius 1 is 1.06 bits per heavy atom. The van der Waals surface area contributed by atoms with Crippen LogP contribution in [0.15, 0.2) is 53.8 Å². The molecule has 2 aliphatic rings. The maximum absolute atomic E-state index is 2.39. The molecule has 0 radical (unpaired) electrons. The van der Waals surface area contributed by atoms with Crippen molar-refractivity contribution in [2.45, 2.75) is 12.8 Å². The Balaban J connectivity index is 2.17. The largest absolute Gasteiger partial charge is 0.282 e. The van der Waals surface area contributed by atoms with Gasteiger partial charge in [-0.25, -0.2) is 0 Å². The Bertz CT molecular complexity index is 511. The van der Waals surface area contributed by atoms with Gasteiger partial charge in [0.2, 0.25) is 0 Å². The Kier molecular flexibility index (Phi) is 2.59. The van der Waals surface area contributed by atoms with Crippen molar-refractivity contribution in [3.8, 4) is 0 Å². The van der Waals surface area contributed by atoms with Gasteiger partial charge >= 0.3 is 0 Å². The molecule has 0 saturated heterocycles. The fourth-order valence-corrected chi connectivity index (χ4v) is 3.07. The molecule has 0 unspecified atom stereocenters. The number of hydrogen-bond donors (Lipinski definition) is 0. The van der Waals surface area contributed by atoms with E-state index in [0.717, 1.165) is 12.8 Å². The minimum Gasteiger partial charge on any atom is -0.282 e. The van der Waals surface area contributed by atoms with Crippen LogP contribution in [-0.2, 0) is 0 Å². The van der Waals surface area contributed by atoms with Crippen molar-refractivity contribution >= 4 is 34.6 Å². The predicted molar refractivity (Wildman–Crippen MR) is 77.4 cm³/mol. The van der Waals surface area contributed by atoms with Gasteiger partial charge < -0.3 is 0 Å². The number of hydrogen-bond acceptors (Lipinski definition) is 1. The molecule has 80 valence electrons. The first-order valence-electron chi connectivity index (χ1n) is 5.49. The highest BCUT2D eigenvalue weighted by molar-refractivity contribution is 14.1. The standard InChI is InChI=1S/C14H12IN/c15-16-13-7-3-1-5-11(13)9-10-12-6-2-4-8-14(12)16/h1,3-5,7-10H,2,6H2. The fourth-order valence-electron chi connectivity index (χ4n) is 2.16. The Hall–Kier alpha value is -1.03. The lowest BCUT2D eigenvalue weighted by Gasteiger charge is -2.22. The van der Waals surface area contributed by atoms with E-state index in [1.54, 1.807) is 0 Å². The number of nitrogens with zero attached hydrogens (tertiary/aromatic N) is 1. The number of rotatable bonds is 0. The third-order valence-corrected chi connectivity index (χ3v) is 4.05. The van der Waals surface area contributed by atoms with Crippen LogP contribution in [0.4, 0.5) is 5.69 Å². The number of benzene rings is 1. The molecule has 0 spiro atoms. The van der Waals surface area contributed by atoms with E-state index in [9.17, 15) is 0 Å². The zero-order chi connectivity index (χ0) is 11.0. The van der Waals surface area contributed by atoms with E-state index in [0.29, 0.717) is 0 Å². The second-order valence-corrected chi connectivity index (χ2v) is 4.99. The van der Waals surface area contributed by atoms with E-state index < -0.39 is 0 Å². The highest BCUT2D eigenvalue weighted by atomic mass is 127. The van der Waals surface area contributed by atoms with Crippen molar-refractivity contribution in [1.29, 1.82) is 0 Å². The first-order valence-corrected chi connectivity index (χ1v) is 6.45. The van der Waals surface area contributed by atoms with Gasteiger partial charge in [-0.2, -0.15) is 0 Å². The van der Waals surface area contributed by atoms with Crippen molar-refractivity contribution < 1.29 is 0 Å². The molecule has 1 aromatic carbocycles. The maximum Gasteiger partial charge on any atom is 0.0646 e. The molecule has 0 N–H and O–H groups in total. The fraction of sp³-hybridized carbons (Fsp3) is 0.143. The number of allylic oxidation sites excluding steroid dienone is 4. The highest BCUT2D eigenvalue weighted by Crippen LogP contribution is 2.36. The first-order chi connectivity index (χ1) is 7.86. The molecule has 0 amide bonds. The third kappa shape index (κ3) is 1.61. The second kappa shape index (κ2) is 4.09. The van der Waals surface area contributed by atoms with Crippen LogP contribution < -0.4 is 3.11 Å². The summed E-state index contributed by atoms with van der Waals surface area (Å²) in [6, 6.07) is 8.52. The van der Waals surface area contributed by atoms with Crippen molar-refractivity contribution in [3.05, 3.63) is 59.3 Å². The topological polar surface area (TPSA) is 3.24 Å².